The number of hydrogen-bond acceptors (Lipinski definition) is 5. The molecule has 0 unspecified atom stereocenters. The van der Waals surface area contributed by atoms with Crippen molar-refractivity contribution in [3.8, 4) is 0 Å². The van der Waals surface area contributed by atoms with E-state index in [1.54, 1.807) is 6.20 Å². The first-order valence-corrected chi connectivity index (χ1v) is 7.80. The molecule has 2 fully saturated rings. The van der Waals surface area contributed by atoms with E-state index in [4.69, 9.17) is 5.73 Å². The molecule has 1 aliphatic carbocycles. The summed E-state index contributed by atoms with van der Waals surface area (Å²) in [5.74, 6) is 1.27. The van der Waals surface area contributed by atoms with Crippen LogP contribution in [0.3, 0.4) is 0 Å². The van der Waals surface area contributed by atoms with Crippen LogP contribution in [0.5, 0.6) is 0 Å². The van der Waals surface area contributed by atoms with Crippen molar-refractivity contribution in [2.75, 3.05) is 36.8 Å². The van der Waals surface area contributed by atoms with E-state index in [1.807, 2.05) is 0 Å². The van der Waals surface area contributed by atoms with Crippen LogP contribution in [-0.4, -0.2) is 47.1 Å². The van der Waals surface area contributed by atoms with Crippen molar-refractivity contribution in [1.29, 1.82) is 0 Å². The van der Waals surface area contributed by atoms with E-state index >= 15 is 0 Å². The van der Waals surface area contributed by atoms with Crippen molar-refractivity contribution < 1.29 is 0 Å². The first-order chi connectivity index (χ1) is 9.24. The molecule has 19 heavy (non-hydrogen) atoms. The van der Waals surface area contributed by atoms with E-state index in [1.165, 1.54) is 25.7 Å². The SMILES string of the molecule is Nc1ncc(Br)c(N2CCN(C3CCCC3)CC2)n1. The third-order valence-electron chi connectivity index (χ3n) is 4.20. The second-order valence-electron chi connectivity index (χ2n) is 5.36. The molecule has 0 aromatic carbocycles. The quantitative estimate of drug-likeness (QED) is 0.899. The molecule has 3 rings (SSSR count). The van der Waals surface area contributed by atoms with Crippen molar-refractivity contribution in [3.05, 3.63) is 10.7 Å². The molecule has 0 bridgehead atoms. The number of anilines is 2. The van der Waals surface area contributed by atoms with Gasteiger partial charge in [0.25, 0.3) is 0 Å². The molecule has 6 heteroatoms. The standard InChI is InChI=1S/C13H20BrN5/c14-11-9-16-13(15)17-12(11)19-7-5-18(6-8-19)10-3-1-2-4-10/h9-10H,1-8H2,(H2,15,16,17). The van der Waals surface area contributed by atoms with Crippen LogP contribution in [0.4, 0.5) is 11.8 Å². The van der Waals surface area contributed by atoms with Crippen molar-refractivity contribution in [2.24, 2.45) is 0 Å². The molecular formula is C13H20BrN5. The van der Waals surface area contributed by atoms with Gasteiger partial charge in [-0.15, -0.1) is 0 Å². The third-order valence-corrected chi connectivity index (χ3v) is 4.76. The minimum atomic E-state index is 0.344. The zero-order chi connectivity index (χ0) is 13.2. The Morgan fingerprint density at radius 3 is 2.53 bits per heavy atom. The topological polar surface area (TPSA) is 58.3 Å². The van der Waals surface area contributed by atoms with Gasteiger partial charge in [0, 0.05) is 38.4 Å². The Morgan fingerprint density at radius 1 is 1.16 bits per heavy atom. The molecule has 2 heterocycles. The van der Waals surface area contributed by atoms with Crippen LogP contribution in [0.1, 0.15) is 25.7 Å². The molecule has 1 aromatic heterocycles. The van der Waals surface area contributed by atoms with Gasteiger partial charge in [-0.05, 0) is 28.8 Å². The summed E-state index contributed by atoms with van der Waals surface area (Å²) < 4.78 is 0.927. The van der Waals surface area contributed by atoms with E-state index in [9.17, 15) is 0 Å². The van der Waals surface area contributed by atoms with E-state index in [2.05, 4.69) is 35.7 Å². The van der Waals surface area contributed by atoms with Crippen LogP contribution >= 0.6 is 15.9 Å². The maximum absolute atomic E-state index is 5.68. The number of nitrogens with two attached hydrogens (primary N) is 1. The number of piperazine rings is 1. The number of nitrogens with zero attached hydrogens (tertiary/aromatic N) is 4. The van der Waals surface area contributed by atoms with Gasteiger partial charge in [-0.3, -0.25) is 4.90 Å². The molecule has 1 aromatic rings. The minimum Gasteiger partial charge on any atom is -0.368 e. The summed E-state index contributed by atoms with van der Waals surface area (Å²) >= 11 is 3.51. The van der Waals surface area contributed by atoms with Gasteiger partial charge in [0.15, 0.2) is 0 Å². The van der Waals surface area contributed by atoms with Crippen LogP contribution < -0.4 is 10.6 Å². The van der Waals surface area contributed by atoms with E-state index in [0.29, 0.717) is 5.95 Å². The molecule has 0 atom stereocenters. The van der Waals surface area contributed by atoms with Crippen molar-refractivity contribution in [2.45, 2.75) is 31.7 Å². The van der Waals surface area contributed by atoms with Gasteiger partial charge in [0.1, 0.15) is 5.82 Å². The van der Waals surface area contributed by atoms with Crippen LogP contribution in [0, 0.1) is 0 Å². The van der Waals surface area contributed by atoms with E-state index in [-0.39, 0.29) is 0 Å². The first-order valence-electron chi connectivity index (χ1n) is 7.01. The van der Waals surface area contributed by atoms with Gasteiger partial charge in [-0.25, -0.2) is 4.98 Å². The number of rotatable bonds is 2. The second-order valence-corrected chi connectivity index (χ2v) is 6.22. The Morgan fingerprint density at radius 2 is 1.84 bits per heavy atom. The lowest BCUT2D eigenvalue weighted by molar-refractivity contribution is 0.187. The van der Waals surface area contributed by atoms with Gasteiger partial charge < -0.3 is 10.6 Å². The van der Waals surface area contributed by atoms with Crippen LogP contribution in [-0.2, 0) is 0 Å². The maximum atomic E-state index is 5.68. The van der Waals surface area contributed by atoms with E-state index < -0.39 is 0 Å². The number of nitrogen functional groups attached to an aromatic ring is 1. The van der Waals surface area contributed by atoms with Gasteiger partial charge in [0.05, 0.1) is 4.47 Å². The summed E-state index contributed by atoms with van der Waals surface area (Å²) in [4.78, 5) is 13.3. The fourth-order valence-electron chi connectivity index (χ4n) is 3.16. The number of hydrogen-bond donors (Lipinski definition) is 1. The lowest BCUT2D eigenvalue weighted by Crippen LogP contribution is -2.50. The van der Waals surface area contributed by atoms with Crippen molar-refractivity contribution >= 4 is 27.7 Å². The average Bonchev–Trinajstić information content (AvgIpc) is 2.96. The van der Waals surface area contributed by atoms with Gasteiger partial charge in [-0.2, -0.15) is 4.98 Å². The summed E-state index contributed by atoms with van der Waals surface area (Å²) in [5.41, 5.74) is 5.68. The van der Waals surface area contributed by atoms with Crippen LogP contribution in [0.25, 0.3) is 0 Å². The monoisotopic (exact) mass is 325 g/mol. The molecular weight excluding hydrogens is 306 g/mol. The van der Waals surface area contributed by atoms with Gasteiger partial charge in [-0.1, -0.05) is 12.8 Å². The normalized spacial score (nSPS) is 22.1. The van der Waals surface area contributed by atoms with Gasteiger partial charge in [0.2, 0.25) is 5.95 Å². The molecule has 1 aliphatic heterocycles. The molecule has 2 aliphatic rings. The summed E-state index contributed by atoms with van der Waals surface area (Å²) in [5, 5.41) is 0. The second kappa shape index (κ2) is 5.63. The molecule has 0 spiro atoms. The van der Waals surface area contributed by atoms with Crippen molar-refractivity contribution in [1.82, 2.24) is 14.9 Å². The predicted octanol–water partition coefficient (Wildman–Crippen LogP) is 1.89. The van der Waals surface area contributed by atoms with E-state index in [0.717, 1.165) is 42.5 Å². The first kappa shape index (κ1) is 13.1. The lowest BCUT2D eigenvalue weighted by atomic mass is 10.2. The summed E-state index contributed by atoms with van der Waals surface area (Å²) in [6.45, 7) is 4.29. The summed E-state index contributed by atoms with van der Waals surface area (Å²) in [6, 6.07) is 0.820. The molecule has 1 saturated heterocycles. The molecule has 104 valence electrons. The molecule has 0 radical (unpaired) electrons. The van der Waals surface area contributed by atoms with Gasteiger partial charge >= 0.3 is 0 Å². The largest absolute Gasteiger partial charge is 0.368 e. The highest BCUT2D eigenvalue weighted by Crippen LogP contribution is 2.27. The zero-order valence-corrected chi connectivity index (χ0v) is 12.6. The lowest BCUT2D eigenvalue weighted by Gasteiger charge is -2.38. The zero-order valence-electron chi connectivity index (χ0n) is 11.1. The predicted molar refractivity (Wildman–Crippen MR) is 80.2 cm³/mol. The van der Waals surface area contributed by atoms with Crippen molar-refractivity contribution in [3.63, 3.8) is 0 Å². The summed E-state index contributed by atoms with van der Waals surface area (Å²) in [7, 11) is 0. The smallest absolute Gasteiger partial charge is 0.222 e. The van der Waals surface area contributed by atoms with Crippen LogP contribution in [0.2, 0.25) is 0 Å². The Kier molecular flexibility index (Phi) is 3.88. The molecule has 5 nitrogen and oxygen atoms in total. The maximum Gasteiger partial charge on any atom is 0.222 e. The Balaban J connectivity index is 1.64. The Hall–Kier alpha value is -0.880. The highest BCUT2D eigenvalue weighted by Gasteiger charge is 2.27. The molecule has 2 N–H and O–H groups in total. The van der Waals surface area contributed by atoms with Crippen LogP contribution in [0.15, 0.2) is 10.7 Å². The summed E-state index contributed by atoms with van der Waals surface area (Å²) in [6.07, 6.45) is 7.30. The highest BCUT2D eigenvalue weighted by atomic mass is 79.9. The number of halogens is 1. The molecule has 1 saturated carbocycles. The minimum absolute atomic E-state index is 0.344. The Bertz CT molecular complexity index is 439. The Labute approximate surface area is 122 Å². The fraction of sp³-hybridized carbons (Fsp3) is 0.692. The highest BCUT2D eigenvalue weighted by molar-refractivity contribution is 9.10. The fourth-order valence-corrected chi connectivity index (χ4v) is 3.60. The molecule has 0 amide bonds. The number of aromatic nitrogens is 2. The average molecular weight is 326 g/mol. The third kappa shape index (κ3) is 2.84.